The summed E-state index contributed by atoms with van der Waals surface area (Å²) < 4.78 is 19.8. The number of fused-ring (bicyclic) bond motifs is 1. The summed E-state index contributed by atoms with van der Waals surface area (Å²) in [5.41, 5.74) is 2.07. The number of ether oxygens (including phenoxy) is 1. The van der Waals surface area contributed by atoms with E-state index in [4.69, 9.17) is 10.00 Å². The molecule has 1 saturated carbocycles. The summed E-state index contributed by atoms with van der Waals surface area (Å²) >= 11 is 0. The summed E-state index contributed by atoms with van der Waals surface area (Å²) in [5.74, 6) is 1.37. The van der Waals surface area contributed by atoms with Gasteiger partial charge in [-0.3, -0.25) is 0 Å². The minimum absolute atomic E-state index is 0.289. The van der Waals surface area contributed by atoms with Gasteiger partial charge in [0.15, 0.2) is 17.7 Å². The topological polar surface area (TPSA) is 33.0 Å². The zero-order valence-corrected chi connectivity index (χ0v) is 13.3. The Balaban J connectivity index is 1.74. The first-order valence-corrected chi connectivity index (χ1v) is 8.59. The average molecular weight is 301 g/mol. The van der Waals surface area contributed by atoms with Crippen LogP contribution >= 0.6 is 0 Å². The SMILES string of the molecule is CCCC1CCC(c2cc(F)c3c(c2)CCC(C#N)O3)CC1. The molecule has 0 amide bonds. The van der Waals surface area contributed by atoms with Crippen molar-refractivity contribution in [3.05, 3.63) is 29.1 Å². The Morgan fingerprint density at radius 1 is 1.23 bits per heavy atom. The van der Waals surface area contributed by atoms with E-state index in [1.165, 1.54) is 38.5 Å². The summed E-state index contributed by atoms with van der Waals surface area (Å²) in [6, 6.07) is 5.84. The minimum Gasteiger partial charge on any atom is -0.472 e. The van der Waals surface area contributed by atoms with Crippen LogP contribution < -0.4 is 4.74 Å². The van der Waals surface area contributed by atoms with E-state index >= 15 is 0 Å². The average Bonchev–Trinajstić information content (AvgIpc) is 2.55. The van der Waals surface area contributed by atoms with Gasteiger partial charge in [-0.15, -0.1) is 0 Å². The number of halogens is 1. The molecule has 1 aromatic carbocycles. The fourth-order valence-electron chi connectivity index (χ4n) is 4.00. The zero-order valence-electron chi connectivity index (χ0n) is 13.3. The van der Waals surface area contributed by atoms with Crippen molar-refractivity contribution in [3.8, 4) is 11.8 Å². The molecule has 0 aromatic heterocycles. The van der Waals surface area contributed by atoms with Crippen LogP contribution in [-0.2, 0) is 6.42 Å². The van der Waals surface area contributed by atoms with E-state index in [0.29, 0.717) is 18.1 Å². The van der Waals surface area contributed by atoms with Gasteiger partial charge in [-0.1, -0.05) is 25.8 Å². The van der Waals surface area contributed by atoms with E-state index in [0.717, 1.165) is 23.5 Å². The van der Waals surface area contributed by atoms with Crippen LogP contribution in [0.3, 0.4) is 0 Å². The van der Waals surface area contributed by atoms with Gasteiger partial charge in [-0.25, -0.2) is 4.39 Å². The van der Waals surface area contributed by atoms with E-state index in [1.54, 1.807) is 6.07 Å². The Hall–Kier alpha value is -1.56. The number of rotatable bonds is 3. The first-order valence-electron chi connectivity index (χ1n) is 8.59. The molecule has 1 aromatic rings. The van der Waals surface area contributed by atoms with Crippen LogP contribution in [0.25, 0.3) is 0 Å². The van der Waals surface area contributed by atoms with Crippen LogP contribution in [0.2, 0.25) is 0 Å². The number of hydrogen-bond donors (Lipinski definition) is 0. The molecular weight excluding hydrogens is 277 g/mol. The van der Waals surface area contributed by atoms with Crippen molar-refractivity contribution in [1.29, 1.82) is 5.26 Å². The maximum atomic E-state index is 14.4. The minimum atomic E-state index is -0.502. The standard InChI is InChI=1S/C19H24FNO/c1-2-3-13-4-6-14(7-5-13)16-10-15-8-9-17(12-21)22-19(15)18(20)11-16/h10-11,13-14,17H,2-9H2,1H3. The monoisotopic (exact) mass is 301 g/mol. The first kappa shape index (κ1) is 15.3. The zero-order chi connectivity index (χ0) is 15.5. The van der Waals surface area contributed by atoms with E-state index in [1.807, 2.05) is 0 Å². The van der Waals surface area contributed by atoms with Crippen LogP contribution in [0.1, 0.15) is 68.9 Å². The van der Waals surface area contributed by atoms with E-state index in [2.05, 4.69) is 19.1 Å². The molecule has 22 heavy (non-hydrogen) atoms. The second kappa shape index (κ2) is 6.69. The van der Waals surface area contributed by atoms with Crippen LogP contribution in [0.4, 0.5) is 4.39 Å². The maximum absolute atomic E-state index is 14.4. The van der Waals surface area contributed by atoms with Crippen molar-refractivity contribution in [1.82, 2.24) is 0 Å². The van der Waals surface area contributed by atoms with Crippen molar-refractivity contribution in [2.75, 3.05) is 0 Å². The van der Waals surface area contributed by atoms with Crippen LogP contribution in [0, 0.1) is 23.1 Å². The molecule has 1 unspecified atom stereocenters. The fraction of sp³-hybridized carbons (Fsp3) is 0.632. The smallest absolute Gasteiger partial charge is 0.184 e. The van der Waals surface area contributed by atoms with Gasteiger partial charge < -0.3 is 4.74 Å². The maximum Gasteiger partial charge on any atom is 0.184 e. The van der Waals surface area contributed by atoms with Gasteiger partial charge in [0.25, 0.3) is 0 Å². The molecular formula is C19H24FNO. The molecule has 118 valence electrons. The highest BCUT2D eigenvalue weighted by Crippen LogP contribution is 2.40. The Labute approximate surface area is 132 Å². The van der Waals surface area contributed by atoms with Crippen molar-refractivity contribution >= 4 is 0 Å². The van der Waals surface area contributed by atoms with Gasteiger partial charge in [0.05, 0.1) is 0 Å². The lowest BCUT2D eigenvalue weighted by molar-refractivity contribution is 0.213. The van der Waals surface area contributed by atoms with Gasteiger partial charge in [0, 0.05) is 6.42 Å². The molecule has 1 heterocycles. The normalized spacial score (nSPS) is 27.6. The number of aryl methyl sites for hydroxylation is 1. The predicted octanol–water partition coefficient (Wildman–Crippen LogP) is 5.12. The first-order chi connectivity index (χ1) is 10.7. The molecule has 0 spiro atoms. The lowest BCUT2D eigenvalue weighted by Gasteiger charge is -2.30. The second-order valence-corrected chi connectivity index (χ2v) is 6.77. The highest BCUT2D eigenvalue weighted by Gasteiger charge is 2.27. The van der Waals surface area contributed by atoms with Crippen molar-refractivity contribution < 1.29 is 9.13 Å². The van der Waals surface area contributed by atoms with E-state index in [-0.39, 0.29) is 5.82 Å². The highest BCUT2D eigenvalue weighted by atomic mass is 19.1. The molecule has 0 saturated heterocycles. The molecule has 1 atom stereocenters. The quantitative estimate of drug-likeness (QED) is 0.776. The predicted molar refractivity (Wildman–Crippen MR) is 84.4 cm³/mol. The van der Waals surface area contributed by atoms with Crippen molar-refractivity contribution in [2.24, 2.45) is 5.92 Å². The van der Waals surface area contributed by atoms with Gasteiger partial charge in [0.1, 0.15) is 6.07 Å². The van der Waals surface area contributed by atoms with E-state index in [9.17, 15) is 4.39 Å². The molecule has 2 nitrogen and oxygen atoms in total. The van der Waals surface area contributed by atoms with Crippen LogP contribution in [0.5, 0.6) is 5.75 Å². The molecule has 1 aliphatic carbocycles. The fourth-order valence-corrected chi connectivity index (χ4v) is 4.00. The molecule has 1 aliphatic heterocycles. The lowest BCUT2D eigenvalue weighted by atomic mass is 9.77. The molecule has 3 heteroatoms. The van der Waals surface area contributed by atoms with Gasteiger partial charge in [-0.2, -0.15) is 5.26 Å². The van der Waals surface area contributed by atoms with Crippen molar-refractivity contribution in [2.45, 2.75) is 70.3 Å². The summed E-state index contributed by atoms with van der Waals surface area (Å²) in [4.78, 5) is 0. The second-order valence-electron chi connectivity index (χ2n) is 6.77. The molecule has 0 bridgehead atoms. The van der Waals surface area contributed by atoms with E-state index < -0.39 is 6.10 Å². The molecule has 0 N–H and O–H groups in total. The summed E-state index contributed by atoms with van der Waals surface area (Å²) in [6.45, 7) is 2.25. The Bertz CT molecular complexity index is 570. The number of nitriles is 1. The Morgan fingerprint density at radius 3 is 2.68 bits per heavy atom. The van der Waals surface area contributed by atoms with Gasteiger partial charge >= 0.3 is 0 Å². The van der Waals surface area contributed by atoms with Gasteiger partial charge in [0.2, 0.25) is 0 Å². The number of hydrogen-bond acceptors (Lipinski definition) is 2. The summed E-state index contributed by atoms with van der Waals surface area (Å²) in [7, 11) is 0. The van der Waals surface area contributed by atoms with Gasteiger partial charge in [-0.05, 0) is 61.1 Å². The van der Waals surface area contributed by atoms with Crippen LogP contribution in [-0.4, -0.2) is 6.10 Å². The third-order valence-corrected chi connectivity index (χ3v) is 5.24. The molecule has 0 radical (unpaired) electrons. The Kier molecular flexibility index (Phi) is 4.66. The third-order valence-electron chi connectivity index (χ3n) is 5.24. The summed E-state index contributed by atoms with van der Waals surface area (Å²) in [6.07, 6.45) is 8.37. The lowest BCUT2D eigenvalue weighted by Crippen LogP contribution is -2.22. The number of benzene rings is 1. The van der Waals surface area contributed by atoms with Crippen molar-refractivity contribution in [3.63, 3.8) is 0 Å². The molecule has 3 rings (SSSR count). The van der Waals surface area contributed by atoms with Crippen LogP contribution in [0.15, 0.2) is 12.1 Å². The summed E-state index contributed by atoms with van der Waals surface area (Å²) in [5, 5.41) is 8.94. The largest absolute Gasteiger partial charge is 0.472 e. The number of nitrogens with zero attached hydrogens (tertiary/aromatic N) is 1. The highest BCUT2D eigenvalue weighted by molar-refractivity contribution is 5.42. The Morgan fingerprint density at radius 2 is 2.00 bits per heavy atom. The third kappa shape index (κ3) is 3.11. The molecule has 1 fully saturated rings. The molecule has 2 aliphatic rings.